The van der Waals surface area contributed by atoms with Gasteiger partial charge in [-0.05, 0) is 19.0 Å². The van der Waals surface area contributed by atoms with E-state index in [1.807, 2.05) is 0 Å². The van der Waals surface area contributed by atoms with E-state index in [1.54, 1.807) is 13.2 Å². The van der Waals surface area contributed by atoms with Crippen LogP contribution in [0, 0.1) is 0 Å². The first-order valence-electron chi connectivity index (χ1n) is 4.76. The maximum Gasteiger partial charge on any atom is 0.333 e. The lowest BCUT2D eigenvalue weighted by atomic mass is 10.4. The highest BCUT2D eigenvalue weighted by Crippen LogP contribution is 2.11. The van der Waals surface area contributed by atoms with Crippen molar-refractivity contribution >= 4 is 0 Å². The lowest BCUT2D eigenvalue weighted by Gasteiger charge is -2.07. The van der Waals surface area contributed by atoms with Crippen molar-refractivity contribution in [2.75, 3.05) is 20.3 Å². The number of methoxy groups -OCH3 is 1. The van der Waals surface area contributed by atoms with E-state index in [0.717, 1.165) is 13.0 Å². The molecule has 0 aromatic carbocycles. The predicted octanol–water partition coefficient (Wildman–Crippen LogP) is 1.40. The van der Waals surface area contributed by atoms with E-state index in [0.29, 0.717) is 23.5 Å². The Labute approximate surface area is 87.2 Å². The number of nitrogens with one attached hydrogen (secondary N) is 1. The molecule has 4 nitrogen and oxygen atoms in total. The minimum Gasteiger partial charge on any atom is -0.385 e. The number of aromatic nitrogens is 2. The van der Waals surface area contributed by atoms with Crippen LogP contribution >= 0.6 is 0 Å². The van der Waals surface area contributed by atoms with Gasteiger partial charge in [0.25, 0.3) is 0 Å². The van der Waals surface area contributed by atoms with Crippen molar-refractivity contribution in [2.24, 2.45) is 0 Å². The van der Waals surface area contributed by atoms with Crippen LogP contribution in [0.3, 0.4) is 0 Å². The standard InChI is InChI=1S/C9H15F2N3O/c1-15-6-2-4-12-7-8-3-5-13-14(8)9(10)11/h3,5,9,12H,2,4,6-7H2,1H3. The van der Waals surface area contributed by atoms with E-state index in [1.165, 1.54) is 6.20 Å². The van der Waals surface area contributed by atoms with Gasteiger partial charge < -0.3 is 10.1 Å². The van der Waals surface area contributed by atoms with Crippen molar-refractivity contribution in [2.45, 2.75) is 19.5 Å². The van der Waals surface area contributed by atoms with Gasteiger partial charge >= 0.3 is 6.55 Å². The Morgan fingerprint density at radius 3 is 3.07 bits per heavy atom. The van der Waals surface area contributed by atoms with Gasteiger partial charge in [-0.2, -0.15) is 13.9 Å². The first-order chi connectivity index (χ1) is 7.25. The van der Waals surface area contributed by atoms with Crippen molar-refractivity contribution < 1.29 is 13.5 Å². The molecule has 0 radical (unpaired) electrons. The summed E-state index contributed by atoms with van der Waals surface area (Å²) in [5.74, 6) is 0. The summed E-state index contributed by atoms with van der Waals surface area (Å²) >= 11 is 0. The monoisotopic (exact) mass is 219 g/mol. The molecule has 86 valence electrons. The van der Waals surface area contributed by atoms with Crippen molar-refractivity contribution in [1.82, 2.24) is 15.1 Å². The molecule has 1 N–H and O–H groups in total. The molecule has 0 saturated carbocycles. The van der Waals surface area contributed by atoms with Crippen LogP contribution in [0.25, 0.3) is 0 Å². The third kappa shape index (κ3) is 3.93. The first-order valence-corrected chi connectivity index (χ1v) is 4.76. The maximum absolute atomic E-state index is 12.3. The normalized spacial score (nSPS) is 11.2. The Balaban J connectivity index is 2.28. The van der Waals surface area contributed by atoms with Gasteiger partial charge in [-0.1, -0.05) is 0 Å². The second-order valence-electron chi connectivity index (χ2n) is 3.07. The lowest BCUT2D eigenvalue weighted by Crippen LogP contribution is -2.19. The fraction of sp³-hybridized carbons (Fsp3) is 0.667. The molecule has 1 rings (SSSR count). The van der Waals surface area contributed by atoms with Gasteiger partial charge in [0.15, 0.2) is 0 Å². The molecule has 0 fully saturated rings. The van der Waals surface area contributed by atoms with Crippen LogP contribution in [0.5, 0.6) is 0 Å². The second kappa shape index (κ2) is 6.47. The second-order valence-corrected chi connectivity index (χ2v) is 3.07. The van der Waals surface area contributed by atoms with Crippen molar-refractivity contribution in [3.8, 4) is 0 Å². The molecule has 1 heterocycles. The van der Waals surface area contributed by atoms with E-state index in [2.05, 4.69) is 10.4 Å². The zero-order valence-electron chi connectivity index (χ0n) is 8.62. The zero-order chi connectivity index (χ0) is 11.1. The fourth-order valence-electron chi connectivity index (χ4n) is 1.22. The van der Waals surface area contributed by atoms with Gasteiger partial charge in [0.1, 0.15) is 0 Å². The average Bonchev–Trinajstić information content (AvgIpc) is 2.66. The highest BCUT2D eigenvalue weighted by atomic mass is 19.3. The predicted molar refractivity (Wildman–Crippen MR) is 51.7 cm³/mol. The summed E-state index contributed by atoms with van der Waals surface area (Å²) in [5, 5.41) is 6.58. The number of ether oxygens (including phenoxy) is 1. The van der Waals surface area contributed by atoms with Crippen molar-refractivity contribution in [3.05, 3.63) is 18.0 Å². The Bertz CT molecular complexity index is 278. The molecule has 0 spiro atoms. The molecular weight excluding hydrogens is 204 g/mol. The van der Waals surface area contributed by atoms with E-state index < -0.39 is 6.55 Å². The molecule has 0 aliphatic carbocycles. The molecule has 0 saturated heterocycles. The van der Waals surface area contributed by atoms with E-state index in [-0.39, 0.29) is 0 Å². The summed E-state index contributed by atoms with van der Waals surface area (Å²) in [6, 6.07) is 1.58. The number of hydrogen-bond donors (Lipinski definition) is 1. The van der Waals surface area contributed by atoms with E-state index in [4.69, 9.17) is 4.74 Å². The largest absolute Gasteiger partial charge is 0.385 e. The molecule has 0 bridgehead atoms. The lowest BCUT2D eigenvalue weighted by molar-refractivity contribution is 0.0531. The summed E-state index contributed by atoms with van der Waals surface area (Å²) in [7, 11) is 1.63. The number of halogens is 2. The number of nitrogens with zero attached hydrogens (tertiary/aromatic N) is 2. The smallest absolute Gasteiger partial charge is 0.333 e. The Morgan fingerprint density at radius 1 is 1.60 bits per heavy atom. The van der Waals surface area contributed by atoms with Crippen LogP contribution in [-0.2, 0) is 11.3 Å². The van der Waals surface area contributed by atoms with Crippen molar-refractivity contribution in [1.29, 1.82) is 0 Å². The zero-order valence-corrected chi connectivity index (χ0v) is 8.62. The van der Waals surface area contributed by atoms with Gasteiger partial charge in [0.05, 0.1) is 5.69 Å². The molecule has 6 heteroatoms. The third-order valence-electron chi connectivity index (χ3n) is 1.95. The van der Waals surface area contributed by atoms with Gasteiger partial charge in [-0.3, -0.25) is 0 Å². The van der Waals surface area contributed by atoms with Gasteiger partial charge in [-0.25, -0.2) is 4.68 Å². The summed E-state index contributed by atoms with van der Waals surface area (Å²) in [5.41, 5.74) is 0.488. The highest BCUT2D eigenvalue weighted by molar-refractivity contribution is 5.00. The quantitative estimate of drug-likeness (QED) is 0.705. The summed E-state index contributed by atoms with van der Waals surface area (Å²) in [6.45, 7) is -0.770. The number of hydrogen-bond acceptors (Lipinski definition) is 3. The van der Waals surface area contributed by atoms with Gasteiger partial charge in [-0.15, -0.1) is 0 Å². The molecule has 0 aliphatic heterocycles. The SMILES string of the molecule is COCCCNCc1ccnn1C(F)F. The van der Waals surface area contributed by atoms with Crippen LogP contribution in [0.2, 0.25) is 0 Å². The molecule has 0 amide bonds. The Hall–Kier alpha value is -1.01. The van der Waals surface area contributed by atoms with Crippen LogP contribution < -0.4 is 5.32 Å². The Morgan fingerprint density at radius 2 is 2.40 bits per heavy atom. The minimum atomic E-state index is -2.57. The summed E-state index contributed by atoms with van der Waals surface area (Å²) in [4.78, 5) is 0. The van der Waals surface area contributed by atoms with Crippen molar-refractivity contribution in [3.63, 3.8) is 0 Å². The topological polar surface area (TPSA) is 39.1 Å². The number of alkyl halides is 2. The molecule has 0 atom stereocenters. The highest BCUT2D eigenvalue weighted by Gasteiger charge is 2.10. The van der Waals surface area contributed by atoms with Gasteiger partial charge in [0.2, 0.25) is 0 Å². The first kappa shape index (κ1) is 12.1. The maximum atomic E-state index is 12.3. The van der Waals surface area contributed by atoms with Crippen LogP contribution in [0.1, 0.15) is 18.7 Å². The average molecular weight is 219 g/mol. The molecule has 0 aliphatic rings. The Kier molecular flexibility index (Phi) is 5.20. The fourth-order valence-corrected chi connectivity index (χ4v) is 1.22. The summed E-state index contributed by atoms with van der Waals surface area (Å²) < 4.78 is 30.3. The molecule has 15 heavy (non-hydrogen) atoms. The number of rotatable bonds is 7. The van der Waals surface area contributed by atoms with Gasteiger partial charge in [0, 0.05) is 26.5 Å². The summed E-state index contributed by atoms with van der Waals surface area (Å²) in [6.07, 6.45) is 2.23. The van der Waals surface area contributed by atoms with E-state index in [9.17, 15) is 8.78 Å². The van der Waals surface area contributed by atoms with E-state index >= 15 is 0 Å². The molecular formula is C9H15F2N3O. The minimum absolute atomic E-state index is 0.397. The van der Waals surface area contributed by atoms with Crippen LogP contribution in [-0.4, -0.2) is 30.0 Å². The van der Waals surface area contributed by atoms with Crippen LogP contribution in [0.15, 0.2) is 12.3 Å². The third-order valence-corrected chi connectivity index (χ3v) is 1.95. The van der Waals surface area contributed by atoms with Crippen LogP contribution in [0.4, 0.5) is 8.78 Å². The molecule has 1 aromatic heterocycles. The molecule has 1 aromatic rings. The molecule has 0 unspecified atom stereocenters.